The lowest BCUT2D eigenvalue weighted by Crippen LogP contribution is -2.28. The topological polar surface area (TPSA) is 83.4 Å². The number of rotatable bonds is 7. The Labute approximate surface area is 130 Å². The molecule has 1 amide bonds. The molecular formula is C16H21N3O3. The largest absolute Gasteiger partial charge is 0.493 e. The quantitative estimate of drug-likeness (QED) is 0.596. The van der Waals surface area contributed by atoms with Crippen LogP contribution in [0, 0.1) is 17.2 Å². The first-order chi connectivity index (χ1) is 10.5. The average molecular weight is 303 g/mol. The van der Waals surface area contributed by atoms with Crippen LogP contribution in [0.15, 0.2) is 30.0 Å². The first-order valence-electron chi connectivity index (χ1n) is 6.88. The van der Waals surface area contributed by atoms with Gasteiger partial charge in [0.25, 0.3) is 5.91 Å². The van der Waals surface area contributed by atoms with Crippen LogP contribution in [-0.2, 0) is 4.79 Å². The third kappa shape index (κ3) is 5.02. The van der Waals surface area contributed by atoms with E-state index >= 15 is 0 Å². The molecule has 0 radical (unpaired) electrons. The minimum absolute atomic E-state index is 0.00966. The van der Waals surface area contributed by atoms with Crippen LogP contribution in [0.25, 0.3) is 0 Å². The molecule has 0 saturated carbocycles. The van der Waals surface area contributed by atoms with E-state index in [1.165, 1.54) is 13.3 Å². The number of amides is 1. The highest BCUT2D eigenvalue weighted by Crippen LogP contribution is 2.29. The first kappa shape index (κ1) is 17.4. The number of methoxy groups -OCH3 is 2. The Morgan fingerprint density at radius 3 is 2.55 bits per heavy atom. The van der Waals surface area contributed by atoms with Crippen LogP contribution in [0.3, 0.4) is 0 Å². The van der Waals surface area contributed by atoms with Crippen molar-refractivity contribution in [2.45, 2.75) is 13.8 Å². The highest BCUT2D eigenvalue weighted by molar-refractivity contribution is 5.97. The molecule has 0 aromatic heterocycles. The second-order valence-electron chi connectivity index (χ2n) is 4.99. The van der Waals surface area contributed by atoms with Crippen LogP contribution in [-0.4, -0.2) is 26.7 Å². The van der Waals surface area contributed by atoms with Gasteiger partial charge in [0.15, 0.2) is 11.5 Å². The minimum atomic E-state index is -0.399. The Kier molecular flexibility index (Phi) is 6.77. The molecule has 2 N–H and O–H groups in total. The van der Waals surface area contributed by atoms with E-state index in [2.05, 4.69) is 10.6 Å². The number of carbonyl (C=O) groups excluding carboxylic acids is 1. The van der Waals surface area contributed by atoms with Crippen molar-refractivity contribution >= 4 is 11.6 Å². The maximum atomic E-state index is 11.8. The second kappa shape index (κ2) is 8.57. The molecule has 1 aromatic carbocycles. The lowest BCUT2D eigenvalue weighted by molar-refractivity contribution is -0.117. The molecule has 0 spiro atoms. The third-order valence-electron chi connectivity index (χ3n) is 2.80. The molecule has 6 nitrogen and oxygen atoms in total. The van der Waals surface area contributed by atoms with Gasteiger partial charge in [0.05, 0.1) is 14.2 Å². The molecule has 0 bridgehead atoms. The number of anilines is 1. The van der Waals surface area contributed by atoms with E-state index in [-0.39, 0.29) is 5.57 Å². The van der Waals surface area contributed by atoms with E-state index in [0.29, 0.717) is 29.6 Å². The van der Waals surface area contributed by atoms with Gasteiger partial charge in [-0.05, 0) is 18.1 Å². The van der Waals surface area contributed by atoms with E-state index in [4.69, 9.17) is 14.7 Å². The molecule has 1 rings (SSSR count). The van der Waals surface area contributed by atoms with Crippen molar-refractivity contribution in [1.82, 2.24) is 5.32 Å². The van der Waals surface area contributed by atoms with Crippen LogP contribution in [0.5, 0.6) is 11.5 Å². The van der Waals surface area contributed by atoms with Gasteiger partial charge in [-0.1, -0.05) is 13.8 Å². The molecule has 0 saturated heterocycles. The van der Waals surface area contributed by atoms with Crippen molar-refractivity contribution < 1.29 is 14.3 Å². The van der Waals surface area contributed by atoms with Crippen LogP contribution in [0.4, 0.5) is 5.69 Å². The van der Waals surface area contributed by atoms with Crippen molar-refractivity contribution in [1.29, 1.82) is 5.26 Å². The maximum absolute atomic E-state index is 11.8. The number of carbonyl (C=O) groups is 1. The fourth-order valence-corrected chi connectivity index (χ4v) is 1.62. The Bertz CT molecular complexity index is 589. The summed E-state index contributed by atoms with van der Waals surface area (Å²) in [6, 6.07) is 7.09. The SMILES string of the molecule is COc1ccc(N/C=C(/C#N)C(=O)NCC(C)C)cc1OC. The van der Waals surface area contributed by atoms with Crippen molar-refractivity contribution in [3.05, 3.63) is 30.0 Å². The molecule has 0 aliphatic heterocycles. The van der Waals surface area contributed by atoms with Crippen molar-refractivity contribution in [3.63, 3.8) is 0 Å². The van der Waals surface area contributed by atoms with E-state index in [1.807, 2.05) is 19.9 Å². The second-order valence-corrected chi connectivity index (χ2v) is 4.99. The molecule has 0 unspecified atom stereocenters. The van der Waals surface area contributed by atoms with Crippen LogP contribution >= 0.6 is 0 Å². The van der Waals surface area contributed by atoms with Gasteiger partial charge in [0, 0.05) is 24.5 Å². The summed E-state index contributed by atoms with van der Waals surface area (Å²) in [7, 11) is 3.09. The van der Waals surface area contributed by atoms with Gasteiger partial charge < -0.3 is 20.1 Å². The summed E-state index contributed by atoms with van der Waals surface area (Å²) in [5.41, 5.74) is 0.692. The first-order valence-corrected chi connectivity index (χ1v) is 6.88. The molecule has 1 aromatic rings. The Balaban J connectivity index is 2.80. The highest BCUT2D eigenvalue weighted by atomic mass is 16.5. The summed E-state index contributed by atoms with van der Waals surface area (Å²) in [5, 5.41) is 14.7. The van der Waals surface area contributed by atoms with E-state index < -0.39 is 5.91 Å². The van der Waals surface area contributed by atoms with E-state index in [9.17, 15) is 4.79 Å². The smallest absolute Gasteiger partial charge is 0.263 e. The maximum Gasteiger partial charge on any atom is 0.263 e. The summed E-state index contributed by atoms with van der Waals surface area (Å²) >= 11 is 0. The number of benzene rings is 1. The van der Waals surface area contributed by atoms with Gasteiger partial charge in [-0.2, -0.15) is 5.26 Å². The molecule has 0 atom stereocenters. The van der Waals surface area contributed by atoms with Gasteiger partial charge >= 0.3 is 0 Å². The van der Waals surface area contributed by atoms with Crippen molar-refractivity contribution in [2.24, 2.45) is 5.92 Å². The van der Waals surface area contributed by atoms with Crippen molar-refractivity contribution in [3.8, 4) is 17.6 Å². The Hall–Kier alpha value is -2.68. The molecule has 0 aliphatic carbocycles. The summed E-state index contributed by atoms with van der Waals surface area (Å²) in [5.74, 6) is 1.09. The van der Waals surface area contributed by atoms with Gasteiger partial charge in [-0.15, -0.1) is 0 Å². The standard InChI is InChI=1S/C16H21N3O3/c1-11(2)9-19-16(20)12(8-17)10-18-13-5-6-14(21-3)15(7-13)22-4/h5-7,10-11,18H,9H2,1-4H3,(H,19,20)/b12-10-. The predicted molar refractivity (Wildman–Crippen MR) is 84.7 cm³/mol. The highest BCUT2D eigenvalue weighted by Gasteiger charge is 2.09. The number of nitriles is 1. The molecule has 0 aliphatic rings. The third-order valence-corrected chi connectivity index (χ3v) is 2.80. The fourth-order valence-electron chi connectivity index (χ4n) is 1.62. The number of nitrogens with one attached hydrogen (secondary N) is 2. The number of hydrogen-bond acceptors (Lipinski definition) is 5. The molecule has 0 fully saturated rings. The minimum Gasteiger partial charge on any atom is -0.493 e. The number of hydrogen-bond donors (Lipinski definition) is 2. The van der Waals surface area contributed by atoms with Crippen LogP contribution < -0.4 is 20.1 Å². The molecule has 22 heavy (non-hydrogen) atoms. The lowest BCUT2D eigenvalue weighted by atomic mass is 10.2. The lowest BCUT2D eigenvalue weighted by Gasteiger charge is -2.10. The predicted octanol–water partition coefficient (Wildman–Crippen LogP) is 2.30. The number of ether oxygens (including phenoxy) is 2. The normalized spacial score (nSPS) is 10.8. The summed E-state index contributed by atoms with van der Waals surface area (Å²) < 4.78 is 10.3. The van der Waals surface area contributed by atoms with Crippen LogP contribution in [0.2, 0.25) is 0 Å². The zero-order chi connectivity index (χ0) is 16.5. The van der Waals surface area contributed by atoms with E-state index in [1.54, 1.807) is 25.3 Å². The van der Waals surface area contributed by atoms with Gasteiger partial charge in [-0.25, -0.2) is 0 Å². The molecule has 6 heteroatoms. The van der Waals surface area contributed by atoms with Gasteiger partial charge in [0.1, 0.15) is 11.6 Å². The Morgan fingerprint density at radius 2 is 2.00 bits per heavy atom. The fraction of sp³-hybridized carbons (Fsp3) is 0.375. The van der Waals surface area contributed by atoms with Gasteiger partial charge in [0.2, 0.25) is 0 Å². The van der Waals surface area contributed by atoms with Gasteiger partial charge in [-0.3, -0.25) is 4.79 Å². The summed E-state index contributed by atoms with van der Waals surface area (Å²) in [4.78, 5) is 11.8. The van der Waals surface area contributed by atoms with Crippen LogP contribution in [0.1, 0.15) is 13.8 Å². The van der Waals surface area contributed by atoms with E-state index in [0.717, 1.165) is 0 Å². The Morgan fingerprint density at radius 1 is 1.32 bits per heavy atom. The average Bonchev–Trinajstić information content (AvgIpc) is 2.53. The molecule has 0 heterocycles. The molecule has 118 valence electrons. The zero-order valence-corrected chi connectivity index (χ0v) is 13.3. The number of nitrogens with zero attached hydrogens (tertiary/aromatic N) is 1. The monoisotopic (exact) mass is 303 g/mol. The zero-order valence-electron chi connectivity index (χ0n) is 13.3. The summed E-state index contributed by atoms with van der Waals surface area (Å²) in [6.07, 6.45) is 1.37. The molecular weight excluding hydrogens is 282 g/mol. The van der Waals surface area contributed by atoms with Crippen molar-refractivity contribution in [2.75, 3.05) is 26.1 Å². The summed E-state index contributed by atoms with van der Waals surface area (Å²) in [6.45, 7) is 4.49.